The van der Waals surface area contributed by atoms with Gasteiger partial charge < -0.3 is 10.6 Å². The SMILES string of the molecule is CCCCC(=O)NCCNC(=O)c1ccc(C)c(F)c1. The maximum Gasteiger partial charge on any atom is 0.251 e. The van der Waals surface area contributed by atoms with E-state index in [-0.39, 0.29) is 17.4 Å². The van der Waals surface area contributed by atoms with E-state index in [0.717, 1.165) is 12.8 Å². The summed E-state index contributed by atoms with van der Waals surface area (Å²) in [6.45, 7) is 4.37. The number of halogens is 1. The molecular weight excluding hydrogens is 259 g/mol. The second-order valence-electron chi connectivity index (χ2n) is 4.67. The summed E-state index contributed by atoms with van der Waals surface area (Å²) in [4.78, 5) is 23.1. The first-order chi connectivity index (χ1) is 9.54. The molecule has 0 radical (unpaired) electrons. The normalized spacial score (nSPS) is 10.2. The van der Waals surface area contributed by atoms with Gasteiger partial charge in [0.25, 0.3) is 5.91 Å². The number of aryl methyl sites for hydroxylation is 1. The Bertz CT molecular complexity index is 475. The van der Waals surface area contributed by atoms with Crippen LogP contribution in [0.2, 0.25) is 0 Å². The summed E-state index contributed by atoms with van der Waals surface area (Å²) < 4.78 is 13.3. The summed E-state index contributed by atoms with van der Waals surface area (Å²) >= 11 is 0. The highest BCUT2D eigenvalue weighted by molar-refractivity contribution is 5.94. The van der Waals surface area contributed by atoms with Gasteiger partial charge in [0.05, 0.1) is 0 Å². The van der Waals surface area contributed by atoms with Crippen LogP contribution in [0.5, 0.6) is 0 Å². The zero-order valence-corrected chi connectivity index (χ0v) is 12.0. The van der Waals surface area contributed by atoms with Crippen molar-refractivity contribution < 1.29 is 14.0 Å². The van der Waals surface area contributed by atoms with Crippen molar-refractivity contribution in [3.8, 4) is 0 Å². The molecule has 0 unspecified atom stereocenters. The Labute approximate surface area is 118 Å². The van der Waals surface area contributed by atoms with Crippen molar-refractivity contribution in [2.24, 2.45) is 0 Å². The smallest absolute Gasteiger partial charge is 0.251 e. The summed E-state index contributed by atoms with van der Waals surface area (Å²) in [6, 6.07) is 4.36. The molecule has 1 aromatic rings. The lowest BCUT2D eigenvalue weighted by Crippen LogP contribution is -2.34. The number of rotatable bonds is 7. The fourth-order valence-electron chi connectivity index (χ4n) is 1.64. The Hall–Kier alpha value is -1.91. The van der Waals surface area contributed by atoms with Gasteiger partial charge in [0, 0.05) is 25.1 Å². The van der Waals surface area contributed by atoms with Gasteiger partial charge in [0.2, 0.25) is 5.91 Å². The van der Waals surface area contributed by atoms with Crippen LogP contribution in [-0.2, 0) is 4.79 Å². The molecule has 0 atom stereocenters. The van der Waals surface area contributed by atoms with Gasteiger partial charge in [-0.1, -0.05) is 19.4 Å². The fraction of sp³-hybridized carbons (Fsp3) is 0.467. The van der Waals surface area contributed by atoms with Crippen LogP contribution < -0.4 is 10.6 Å². The number of carbonyl (C=O) groups excluding carboxylic acids is 2. The van der Waals surface area contributed by atoms with Gasteiger partial charge in [0.1, 0.15) is 5.82 Å². The lowest BCUT2D eigenvalue weighted by molar-refractivity contribution is -0.121. The number of hydrogen-bond donors (Lipinski definition) is 2. The first kappa shape index (κ1) is 16.1. The van der Waals surface area contributed by atoms with Crippen molar-refractivity contribution in [1.29, 1.82) is 0 Å². The molecule has 0 aliphatic carbocycles. The molecule has 1 aromatic carbocycles. The number of amides is 2. The Morgan fingerprint density at radius 3 is 2.55 bits per heavy atom. The van der Waals surface area contributed by atoms with E-state index in [1.54, 1.807) is 19.1 Å². The standard InChI is InChI=1S/C15H21FN2O2/c1-3-4-5-14(19)17-8-9-18-15(20)12-7-6-11(2)13(16)10-12/h6-7,10H,3-5,8-9H2,1-2H3,(H,17,19)(H,18,20). The second kappa shape index (κ2) is 8.30. The largest absolute Gasteiger partial charge is 0.354 e. The van der Waals surface area contributed by atoms with Crippen molar-refractivity contribution in [2.45, 2.75) is 33.1 Å². The molecule has 20 heavy (non-hydrogen) atoms. The zero-order chi connectivity index (χ0) is 15.0. The van der Waals surface area contributed by atoms with Crippen molar-refractivity contribution in [3.63, 3.8) is 0 Å². The van der Waals surface area contributed by atoms with Gasteiger partial charge >= 0.3 is 0 Å². The van der Waals surface area contributed by atoms with E-state index in [1.165, 1.54) is 6.07 Å². The molecule has 0 saturated heterocycles. The molecule has 0 aliphatic rings. The molecular formula is C15H21FN2O2. The predicted molar refractivity (Wildman–Crippen MR) is 76.0 cm³/mol. The van der Waals surface area contributed by atoms with Crippen LogP contribution in [0.15, 0.2) is 18.2 Å². The first-order valence-corrected chi connectivity index (χ1v) is 6.85. The molecule has 2 N–H and O–H groups in total. The predicted octanol–water partition coefficient (Wildman–Crippen LogP) is 2.17. The van der Waals surface area contributed by atoms with Crippen LogP contribution in [0, 0.1) is 12.7 Å². The highest BCUT2D eigenvalue weighted by atomic mass is 19.1. The van der Waals surface area contributed by atoms with Crippen LogP contribution in [0.3, 0.4) is 0 Å². The first-order valence-electron chi connectivity index (χ1n) is 6.85. The molecule has 0 heterocycles. The van der Waals surface area contributed by atoms with E-state index in [2.05, 4.69) is 10.6 Å². The molecule has 0 aliphatic heterocycles. The second-order valence-corrected chi connectivity index (χ2v) is 4.67. The minimum Gasteiger partial charge on any atom is -0.354 e. The Balaban J connectivity index is 2.29. The molecule has 0 bridgehead atoms. The van der Waals surface area contributed by atoms with Gasteiger partial charge in [-0.05, 0) is 31.0 Å². The average molecular weight is 280 g/mol. The molecule has 1 rings (SSSR count). The Kier molecular flexibility index (Phi) is 6.70. The van der Waals surface area contributed by atoms with Gasteiger partial charge in [-0.2, -0.15) is 0 Å². The van der Waals surface area contributed by atoms with Crippen LogP contribution >= 0.6 is 0 Å². The van der Waals surface area contributed by atoms with Crippen molar-refractivity contribution in [3.05, 3.63) is 35.1 Å². The number of benzene rings is 1. The van der Waals surface area contributed by atoms with Crippen LogP contribution in [0.4, 0.5) is 4.39 Å². The monoisotopic (exact) mass is 280 g/mol. The molecule has 0 fully saturated rings. The van der Waals surface area contributed by atoms with E-state index < -0.39 is 5.82 Å². The summed E-state index contributed by atoms with van der Waals surface area (Å²) in [5, 5.41) is 5.35. The summed E-state index contributed by atoms with van der Waals surface area (Å²) in [7, 11) is 0. The maximum atomic E-state index is 13.3. The molecule has 4 nitrogen and oxygen atoms in total. The molecule has 0 aromatic heterocycles. The van der Waals surface area contributed by atoms with Gasteiger partial charge in [-0.3, -0.25) is 9.59 Å². The summed E-state index contributed by atoms with van der Waals surface area (Å²) in [5.74, 6) is -0.750. The quantitative estimate of drug-likeness (QED) is 0.752. The average Bonchev–Trinajstić information content (AvgIpc) is 2.44. The third-order valence-electron chi connectivity index (χ3n) is 2.92. The minimum atomic E-state index is -0.398. The van der Waals surface area contributed by atoms with Crippen molar-refractivity contribution >= 4 is 11.8 Å². The molecule has 2 amide bonds. The maximum absolute atomic E-state index is 13.3. The molecule has 5 heteroatoms. The van der Waals surface area contributed by atoms with Crippen molar-refractivity contribution in [2.75, 3.05) is 13.1 Å². The third-order valence-corrected chi connectivity index (χ3v) is 2.92. The van der Waals surface area contributed by atoms with Crippen LogP contribution in [-0.4, -0.2) is 24.9 Å². The van der Waals surface area contributed by atoms with Crippen LogP contribution in [0.25, 0.3) is 0 Å². The fourth-order valence-corrected chi connectivity index (χ4v) is 1.64. The Morgan fingerprint density at radius 2 is 1.90 bits per heavy atom. The molecule has 0 spiro atoms. The summed E-state index contributed by atoms with van der Waals surface area (Å²) in [6.07, 6.45) is 2.34. The highest BCUT2D eigenvalue weighted by Crippen LogP contribution is 2.08. The minimum absolute atomic E-state index is 0.0116. The van der Waals surface area contributed by atoms with E-state index in [1.807, 2.05) is 6.92 Å². The van der Waals surface area contributed by atoms with E-state index in [4.69, 9.17) is 0 Å². The van der Waals surface area contributed by atoms with Gasteiger partial charge in [-0.15, -0.1) is 0 Å². The van der Waals surface area contributed by atoms with Crippen LogP contribution in [0.1, 0.15) is 42.1 Å². The number of carbonyl (C=O) groups is 2. The zero-order valence-electron chi connectivity index (χ0n) is 12.0. The Morgan fingerprint density at radius 1 is 1.20 bits per heavy atom. The van der Waals surface area contributed by atoms with Gasteiger partial charge in [0.15, 0.2) is 0 Å². The third kappa shape index (κ3) is 5.38. The lowest BCUT2D eigenvalue weighted by atomic mass is 10.1. The topological polar surface area (TPSA) is 58.2 Å². The number of hydrogen-bond acceptors (Lipinski definition) is 2. The van der Waals surface area contributed by atoms with E-state index in [9.17, 15) is 14.0 Å². The lowest BCUT2D eigenvalue weighted by Gasteiger charge is -2.07. The molecule has 0 saturated carbocycles. The number of unbranched alkanes of at least 4 members (excludes halogenated alkanes) is 1. The van der Waals surface area contributed by atoms with Gasteiger partial charge in [-0.25, -0.2) is 4.39 Å². The van der Waals surface area contributed by atoms with E-state index >= 15 is 0 Å². The summed E-state index contributed by atoms with van der Waals surface area (Å²) in [5.41, 5.74) is 0.787. The number of nitrogens with one attached hydrogen (secondary N) is 2. The van der Waals surface area contributed by atoms with E-state index in [0.29, 0.717) is 25.1 Å². The highest BCUT2D eigenvalue weighted by Gasteiger charge is 2.07. The molecule has 110 valence electrons. The van der Waals surface area contributed by atoms with Crippen molar-refractivity contribution in [1.82, 2.24) is 10.6 Å².